The van der Waals surface area contributed by atoms with Gasteiger partial charge in [-0.2, -0.15) is 0 Å². The highest BCUT2D eigenvalue weighted by Crippen LogP contribution is 2.02. The third-order valence-electron chi connectivity index (χ3n) is 1.61. The molecule has 0 spiro atoms. The van der Waals surface area contributed by atoms with Gasteiger partial charge in [0.15, 0.2) is 0 Å². The summed E-state index contributed by atoms with van der Waals surface area (Å²) in [6.45, 7) is 0.455. The summed E-state index contributed by atoms with van der Waals surface area (Å²) in [6.07, 6.45) is 0.938. The van der Waals surface area contributed by atoms with Crippen molar-refractivity contribution in [2.75, 3.05) is 18.4 Å². The molecule has 2 amide bonds. The quantitative estimate of drug-likeness (QED) is 0.590. The zero-order valence-electron chi connectivity index (χ0n) is 8.37. The van der Waals surface area contributed by atoms with Crippen molar-refractivity contribution in [3.63, 3.8) is 0 Å². The summed E-state index contributed by atoms with van der Waals surface area (Å²) in [6, 6.07) is 2.38. The van der Waals surface area contributed by atoms with E-state index in [9.17, 15) is 14.0 Å². The van der Waals surface area contributed by atoms with Gasteiger partial charge in [-0.1, -0.05) is 0 Å². The third-order valence-corrected chi connectivity index (χ3v) is 1.61. The summed E-state index contributed by atoms with van der Waals surface area (Å²) < 4.78 is 12.5. The van der Waals surface area contributed by atoms with Crippen molar-refractivity contribution in [1.29, 1.82) is 0 Å². The number of hydrogen-bond acceptors (Lipinski definition) is 4. The molecule has 0 aliphatic heterocycles. The molecule has 0 atom stereocenters. The first-order chi connectivity index (χ1) is 7.63. The van der Waals surface area contributed by atoms with E-state index >= 15 is 0 Å². The topological polar surface area (TPSA) is 97.1 Å². The van der Waals surface area contributed by atoms with Gasteiger partial charge in [-0.15, -0.1) is 0 Å². The molecule has 0 aliphatic rings. The number of carbonyl (C=O) groups is 2. The van der Waals surface area contributed by atoms with E-state index in [2.05, 4.69) is 15.6 Å². The first-order valence-corrected chi connectivity index (χ1v) is 4.54. The largest absolute Gasteiger partial charge is 0.347 e. The normalized spacial score (nSPS) is 9.62. The van der Waals surface area contributed by atoms with Gasteiger partial charge in [0.2, 0.25) is 0 Å². The van der Waals surface area contributed by atoms with E-state index in [1.807, 2.05) is 0 Å². The fourth-order valence-electron chi connectivity index (χ4n) is 0.889. The maximum Gasteiger partial charge on any atom is 0.314 e. The predicted octanol–water partition coefficient (Wildman–Crippen LogP) is -0.766. The minimum Gasteiger partial charge on any atom is -0.347 e. The van der Waals surface area contributed by atoms with Crippen LogP contribution in [-0.2, 0) is 9.59 Å². The van der Waals surface area contributed by atoms with Crippen molar-refractivity contribution in [3.05, 3.63) is 24.1 Å². The lowest BCUT2D eigenvalue weighted by atomic mass is 10.4. The highest BCUT2D eigenvalue weighted by Gasteiger charge is 2.12. The zero-order valence-corrected chi connectivity index (χ0v) is 8.37. The van der Waals surface area contributed by atoms with E-state index in [0.717, 1.165) is 12.3 Å². The van der Waals surface area contributed by atoms with Crippen LogP contribution in [0.1, 0.15) is 0 Å². The van der Waals surface area contributed by atoms with Crippen LogP contribution in [-0.4, -0.2) is 29.9 Å². The monoisotopic (exact) mass is 226 g/mol. The zero-order chi connectivity index (χ0) is 12.0. The Bertz CT molecular complexity index is 380. The van der Waals surface area contributed by atoms with Crippen LogP contribution >= 0.6 is 0 Å². The van der Waals surface area contributed by atoms with Crippen molar-refractivity contribution in [1.82, 2.24) is 10.3 Å². The number of halogens is 1. The minimum atomic E-state index is -0.868. The first kappa shape index (κ1) is 12.1. The Balaban J connectivity index is 2.51. The lowest BCUT2D eigenvalue weighted by molar-refractivity contribution is -0.136. The van der Waals surface area contributed by atoms with Crippen LogP contribution in [0.15, 0.2) is 18.3 Å². The van der Waals surface area contributed by atoms with Crippen LogP contribution in [0.4, 0.5) is 10.2 Å². The molecule has 0 fully saturated rings. The average molecular weight is 226 g/mol. The molecule has 0 aromatic carbocycles. The number of nitrogens with two attached hydrogens (primary N) is 1. The molecular weight excluding hydrogens is 215 g/mol. The van der Waals surface area contributed by atoms with Crippen LogP contribution in [0.5, 0.6) is 0 Å². The number of hydrogen-bond donors (Lipinski definition) is 3. The van der Waals surface area contributed by atoms with E-state index in [0.29, 0.717) is 0 Å². The Morgan fingerprint density at radius 1 is 1.38 bits per heavy atom. The van der Waals surface area contributed by atoms with Crippen molar-refractivity contribution in [2.45, 2.75) is 0 Å². The molecule has 4 N–H and O–H groups in total. The second-order valence-electron chi connectivity index (χ2n) is 2.86. The highest BCUT2D eigenvalue weighted by atomic mass is 19.1. The standard InChI is InChI=1S/C9H11FN4O2/c10-6-1-2-7(13-5-6)14-9(16)8(15)12-4-3-11/h1-2,5H,3-4,11H2,(H,12,15)(H,13,14,16). The molecule has 0 aliphatic carbocycles. The van der Waals surface area contributed by atoms with E-state index < -0.39 is 17.6 Å². The molecule has 0 unspecified atom stereocenters. The van der Waals surface area contributed by atoms with Crippen molar-refractivity contribution >= 4 is 17.6 Å². The van der Waals surface area contributed by atoms with Gasteiger partial charge in [-0.25, -0.2) is 9.37 Å². The van der Waals surface area contributed by atoms with Gasteiger partial charge in [0.25, 0.3) is 0 Å². The molecule has 0 saturated heterocycles. The van der Waals surface area contributed by atoms with Gasteiger partial charge in [-0.05, 0) is 12.1 Å². The Morgan fingerprint density at radius 3 is 2.69 bits per heavy atom. The summed E-state index contributed by atoms with van der Waals surface area (Å²) in [5.74, 6) is -2.09. The predicted molar refractivity (Wildman–Crippen MR) is 54.9 cm³/mol. The molecular formula is C9H11FN4O2. The third kappa shape index (κ3) is 3.62. The maximum atomic E-state index is 12.5. The van der Waals surface area contributed by atoms with Gasteiger partial charge in [0, 0.05) is 13.1 Å². The highest BCUT2D eigenvalue weighted by molar-refractivity contribution is 6.39. The average Bonchev–Trinajstić information content (AvgIpc) is 2.29. The van der Waals surface area contributed by atoms with Gasteiger partial charge in [0.05, 0.1) is 6.20 Å². The van der Waals surface area contributed by atoms with Crippen molar-refractivity contribution in [2.24, 2.45) is 5.73 Å². The molecule has 1 rings (SSSR count). The van der Waals surface area contributed by atoms with Crippen LogP contribution in [0.2, 0.25) is 0 Å². The van der Waals surface area contributed by atoms with Gasteiger partial charge in [-0.3, -0.25) is 9.59 Å². The first-order valence-electron chi connectivity index (χ1n) is 4.54. The van der Waals surface area contributed by atoms with Crippen LogP contribution in [0.3, 0.4) is 0 Å². The number of nitrogens with zero attached hydrogens (tertiary/aromatic N) is 1. The van der Waals surface area contributed by atoms with E-state index in [1.165, 1.54) is 6.07 Å². The fourth-order valence-corrected chi connectivity index (χ4v) is 0.889. The second kappa shape index (κ2) is 5.76. The Hall–Kier alpha value is -2.02. The van der Waals surface area contributed by atoms with Gasteiger partial charge in [0.1, 0.15) is 11.6 Å². The molecule has 86 valence electrons. The van der Waals surface area contributed by atoms with Crippen molar-refractivity contribution in [3.8, 4) is 0 Å². The second-order valence-corrected chi connectivity index (χ2v) is 2.86. The summed E-state index contributed by atoms with van der Waals surface area (Å²) in [4.78, 5) is 25.9. The SMILES string of the molecule is NCCNC(=O)C(=O)Nc1ccc(F)cn1. The molecule has 0 saturated carbocycles. The smallest absolute Gasteiger partial charge is 0.314 e. The van der Waals surface area contributed by atoms with Gasteiger partial charge < -0.3 is 16.4 Å². The molecule has 1 aromatic heterocycles. The number of amides is 2. The number of aromatic nitrogens is 1. The summed E-state index contributed by atoms with van der Waals surface area (Å²) in [5.41, 5.74) is 5.15. The fraction of sp³-hybridized carbons (Fsp3) is 0.222. The Kier molecular flexibility index (Phi) is 4.34. The van der Waals surface area contributed by atoms with Crippen LogP contribution < -0.4 is 16.4 Å². The van der Waals surface area contributed by atoms with E-state index in [1.54, 1.807) is 0 Å². The summed E-state index contributed by atoms with van der Waals surface area (Å²) in [5, 5.41) is 4.49. The minimum absolute atomic E-state index is 0.106. The molecule has 0 radical (unpaired) electrons. The van der Waals surface area contributed by atoms with E-state index in [4.69, 9.17) is 5.73 Å². The molecule has 0 bridgehead atoms. The van der Waals surface area contributed by atoms with Gasteiger partial charge >= 0.3 is 11.8 Å². The number of nitrogens with one attached hydrogen (secondary N) is 2. The molecule has 1 heterocycles. The molecule has 1 aromatic rings. The number of carbonyl (C=O) groups excluding carboxylic acids is 2. The summed E-state index contributed by atoms with van der Waals surface area (Å²) >= 11 is 0. The number of rotatable bonds is 3. The Labute approximate surface area is 91.0 Å². The Morgan fingerprint density at radius 2 is 2.12 bits per heavy atom. The van der Waals surface area contributed by atoms with Crippen molar-refractivity contribution < 1.29 is 14.0 Å². The molecule has 16 heavy (non-hydrogen) atoms. The molecule has 7 heteroatoms. The number of pyridine rings is 1. The number of anilines is 1. The molecule has 6 nitrogen and oxygen atoms in total. The van der Waals surface area contributed by atoms with E-state index in [-0.39, 0.29) is 18.9 Å². The lowest BCUT2D eigenvalue weighted by Crippen LogP contribution is -2.38. The van der Waals surface area contributed by atoms with Crippen LogP contribution in [0, 0.1) is 5.82 Å². The summed E-state index contributed by atoms with van der Waals surface area (Å²) in [7, 11) is 0. The van der Waals surface area contributed by atoms with Crippen LogP contribution in [0.25, 0.3) is 0 Å². The maximum absolute atomic E-state index is 12.5. The lowest BCUT2D eigenvalue weighted by Gasteiger charge is -2.04.